The van der Waals surface area contributed by atoms with Gasteiger partial charge in [-0.2, -0.15) is 0 Å². The Bertz CT molecular complexity index is 703. The molecule has 0 atom stereocenters. The summed E-state index contributed by atoms with van der Waals surface area (Å²) in [5, 5.41) is 6.85. The summed E-state index contributed by atoms with van der Waals surface area (Å²) in [6, 6.07) is 1.85. The number of nitrogens with one attached hydrogen (secondary N) is 1. The van der Waals surface area contributed by atoms with Crippen LogP contribution < -0.4 is 10.2 Å². The molecule has 3 rings (SSSR count). The number of rotatable bonds is 6. The molecule has 1 N–H and O–H groups in total. The van der Waals surface area contributed by atoms with Crippen LogP contribution in [0.2, 0.25) is 0 Å². The smallest absolute Gasteiger partial charge is 0.225 e. The molecule has 7 heteroatoms. The zero-order valence-corrected chi connectivity index (χ0v) is 14.9. The summed E-state index contributed by atoms with van der Waals surface area (Å²) in [5.41, 5.74) is 2.71. The van der Waals surface area contributed by atoms with Crippen molar-refractivity contribution < 1.29 is 9.32 Å². The predicted molar refractivity (Wildman–Crippen MR) is 94.2 cm³/mol. The molecule has 2 aromatic heterocycles. The summed E-state index contributed by atoms with van der Waals surface area (Å²) >= 11 is 0. The molecular weight excluding hydrogens is 318 g/mol. The highest BCUT2D eigenvalue weighted by molar-refractivity contribution is 5.76. The Morgan fingerprint density at radius 2 is 2.08 bits per heavy atom. The molecule has 1 aliphatic rings. The van der Waals surface area contributed by atoms with Crippen LogP contribution in [-0.4, -0.2) is 34.1 Å². The van der Waals surface area contributed by atoms with Crippen molar-refractivity contribution >= 4 is 11.9 Å². The van der Waals surface area contributed by atoms with E-state index in [-0.39, 0.29) is 5.91 Å². The van der Waals surface area contributed by atoms with Crippen LogP contribution in [0.4, 0.5) is 5.95 Å². The van der Waals surface area contributed by atoms with E-state index in [1.54, 1.807) is 6.20 Å². The van der Waals surface area contributed by atoms with Crippen molar-refractivity contribution in [2.24, 2.45) is 0 Å². The zero-order chi connectivity index (χ0) is 17.6. The third kappa shape index (κ3) is 4.55. The third-order valence-electron chi connectivity index (χ3n) is 4.59. The van der Waals surface area contributed by atoms with Crippen LogP contribution in [0.25, 0.3) is 0 Å². The monoisotopic (exact) mass is 343 g/mol. The molecule has 0 aromatic carbocycles. The molecule has 134 valence electrons. The molecule has 7 nitrogen and oxygen atoms in total. The summed E-state index contributed by atoms with van der Waals surface area (Å²) in [5.74, 6) is 1.55. The van der Waals surface area contributed by atoms with Gasteiger partial charge in [-0.15, -0.1) is 0 Å². The van der Waals surface area contributed by atoms with E-state index in [1.165, 1.54) is 19.3 Å². The SMILES string of the molecule is Cc1noc(C)c1CCC(=O)NCc1ccnc(N2CCCCC2)n1. The number of anilines is 1. The minimum absolute atomic E-state index is 0.00173. The minimum Gasteiger partial charge on any atom is -0.361 e. The normalized spacial score (nSPS) is 14.6. The fraction of sp³-hybridized carbons (Fsp3) is 0.556. The minimum atomic E-state index is -0.00173. The van der Waals surface area contributed by atoms with Gasteiger partial charge in [0.15, 0.2) is 0 Å². The van der Waals surface area contributed by atoms with Gasteiger partial charge in [0.1, 0.15) is 5.76 Å². The van der Waals surface area contributed by atoms with Gasteiger partial charge in [-0.05, 0) is 45.6 Å². The maximum atomic E-state index is 12.1. The van der Waals surface area contributed by atoms with Crippen LogP contribution in [0.5, 0.6) is 0 Å². The quantitative estimate of drug-likeness (QED) is 0.866. The van der Waals surface area contributed by atoms with Crippen LogP contribution in [0.3, 0.4) is 0 Å². The lowest BCUT2D eigenvalue weighted by Gasteiger charge is -2.26. The van der Waals surface area contributed by atoms with Gasteiger partial charge in [0.05, 0.1) is 17.9 Å². The van der Waals surface area contributed by atoms with Crippen molar-refractivity contribution in [2.75, 3.05) is 18.0 Å². The van der Waals surface area contributed by atoms with Crippen LogP contribution in [-0.2, 0) is 17.8 Å². The highest BCUT2D eigenvalue weighted by atomic mass is 16.5. The first kappa shape index (κ1) is 17.4. The molecule has 25 heavy (non-hydrogen) atoms. The van der Waals surface area contributed by atoms with Gasteiger partial charge in [-0.3, -0.25) is 4.79 Å². The molecule has 1 aliphatic heterocycles. The Morgan fingerprint density at radius 1 is 1.28 bits per heavy atom. The summed E-state index contributed by atoms with van der Waals surface area (Å²) in [4.78, 5) is 23.3. The van der Waals surface area contributed by atoms with E-state index in [0.717, 1.165) is 41.7 Å². The Labute approximate surface area is 147 Å². The Hall–Kier alpha value is -2.44. The topological polar surface area (TPSA) is 84.2 Å². The molecule has 3 heterocycles. The van der Waals surface area contributed by atoms with E-state index in [2.05, 4.69) is 25.3 Å². The second kappa shape index (κ2) is 8.09. The number of carbonyl (C=O) groups is 1. The maximum Gasteiger partial charge on any atom is 0.225 e. The first-order valence-corrected chi connectivity index (χ1v) is 8.89. The Kier molecular flexibility index (Phi) is 5.63. The molecule has 1 amide bonds. The van der Waals surface area contributed by atoms with Gasteiger partial charge in [0.25, 0.3) is 0 Å². The summed E-state index contributed by atoms with van der Waals surface area (Å²) in [6.07, 6.45) is 6.46. The zero-order valence-electron chi connectivity index (χ0n) is 14.9. The molecule has 0 spiro atoms. The Morgan fingerprint density at radius 3 is 2.80 bits per heavy atom. The molecule has 1 fully saturated rings. The van der Waals surface area contributed by atoms with E-state index >= 15 is 0 Å². The maximum absolute atomic E-state index is 12.1. The van der Waals surface area contributed by atoms with Crippen LogP contribution >= 0.6 is 0 Å². The highest BCUT2D eigenvalue weighted by Crippen LogP contribution is 2.16. The van der Waals surface area contributed by atoms with Gasteiger partial charge in [-0.25, -0.2) is 9.97 Å². The van der Waals surface area contributed by atoms with Gasteiger partial charge in [0, 0.05) is 31.3 Å². The van der Waals surface area contributed by atoms with E-state index in [4.69, 9.17) is 4.52 Å². The van der Waals surface area contributed by atoms with Gasteiger partial charge >= 0.3 is 0 Å². The molecule has 1 saturated heterocycles. The van der Waals surface area contributed by atoms with Crippen molar-refractivity contribution in [3.05, 3.63) is 35.0 Å². The van der Waals surface area contributed by atoms with Crippen molar-refractivity contribution in [1.82, 2.24) is 20.4 Å². The largest absolute Gasteiger partial charge is 0.361 e. The number of hydrogen-bond acceptors (Lipinski definition) is 6. The number of piperidine rings is 1. The highest BCUT2D eigenvalue weighted by Gasteiger charge is 2.14. The molecule has 0 saturated carbocycles. The second-order valence-electron chi connectivity index (χ2n) is 6.48. The Balaban J connectivity index is 1.50. The lowest BCUT2D eigenvalue weighted by atomic mass is 10.1. The summed E-state index contributed by atoms with van der Waals surface area (Å²) < 4.78 is 5.12. The fourth-order valence-corrected chi connectivity index (χ4v) is 3.10. The van der Waals surface area contributed by atoms with Crippen molar-refractivity contribution in [2.45, 2.75) is 52.5 Å². The number of hydrogen-bond donors (Lipinski definition) is 1. The second-order valence-corrected chi connectivity index (χ2v) is 6.48. The summed E-state index contributed by atoms with van der Waals surface area (Å²) in [7, 11) is 0. The predicted octanol–water partition coefficient (Wildman–Crippen LogP) is 2.32. The van der Waals surface area contributed by atoms with E-state index in [9.17, 15) is 4.79 Å². The lowest BCUT2D eigenvalue weighted by molar-refractivity contribution is -0.121. The van der Waals surface area contributed by atoms with E-state index < -0.39 is 0 Å². The fourth-order valence-electron chi connectivity index (χ4n) is 3.10. The number of aryl methyl sites for hydroxylation is 2. The van der Waals surface area contributed by atoms with Crippen molar-refractivity contribution in [3.63, 3.8) is 0 Å². The van der Waals surface area contributed by atoms with E-state index in [0.29, 0.717) is 19.4 Å². The molecular formula is C18H25N5O2. The molecule has 0 unspecified atom stereocenters. The average molecular weight is 343 g/mol. The van der Waals surface area contributed by atoms with Gasteiger partial charge in [-0.1, -0.05) is 5.16 Å². The number of carbonyl (C=O) groups excluding carboxylic acids is 1. The lowest BCUT2D eigenvalue weighted by Crippen LogP contribution is -2.31. The van der Waals surface area contributed by atoms with Crippen LogP contribution in [0, 0.1) is 13.8 Å². The number of amides is 1. The third-order valence-corrected chi connectivity index (χ3v) is 4.59. The van der Waals surface area contributed by atoms with Gasteiger partial charge < -0.3 is 14.7 Å². The number of aromatic nitrogens is 3. The molecule has 0 bridgehead atoms. The first-order chi connectivity index (χ1) is 12.1. The molecule has 0 aliphatic carbocycles. The summed E-state index contributed by atoms with van der Waals surface area (Å²) in [6.45, 7) is 6.20. The standard InChI is InChI=1S/C18H25N5O2/c1-13-16(14(2)25-22-13)6-7-17(24)20-12-15-8-9-19-18(21-15)23-10-4-3-5-11-23/h8-9H,3-7,10-12H2,1-2H3,(H,20,24). The molecule has 2 aromatic rings. The van der Waals surface area contributed by atoms with Crippen LogP contribution in [0.1, 0.15) is 48.4 Å². The van der Waals surface area contributed by atoms with Crippen molar-refractivity contribution in [1.29, 1.82) is 0 Å². The average Bonchev–Trinajstić information content (AvgIpc) is 2.97. The number of nitrogens with zero attached hydrogens (tertiary/aromatic N) is 4. The van der Waals surface area contributed by atoms with Gasteiger partial charge in [0.2, 0.25) is 11.9 Å². The van der Waals surface area contributed by atoms with Crippen LogP contribution in [0.15, 0.2) is 16.8 Å². The van der Waals surface area contributed by atoms with E-state index in [1.807, 2.05) is 19.9 Å². The van der Waals surface area contributed by atoms with Crippen molar-refractivity contribution in [3.8, 4) is 0 Å². The molecule has 0 radical (unpaired) electrons. The first-order valence-electron chi connectivity index (χ1n) is 8.89.